The molecule has 0 amide bonds. The summed E-state index contributed by atoms with van der Waals surface area (Å²) in [5, 5.41) is 3.21. The van der Waals surface area contributed by atoms with Crippen LogP contribution in [0.5, 0.6) is 0 Å². The summed E-state index contributed by atoms with van der Waals surface area (Å²) >= 11 is 0. The van der Waals surface area contributed by atoms with E-state index in [9.17, 15) is 0 Å². The van der Waals surface area contributed by atoms with E-state index >= 15 is 0 Å². The van der Waals surface area contributed by atoms with Crippen molar-refractivity contribution in [3.05, 3.63) is 35.2 Å². The zero-order valence-electron chi connectivity index (χ0n) is 12.4. The van der Waals surface area contributed by atoms with Crippen LogP contribution in [-0.2, 0) is 11.3 Å². The summed E-state index contributed by atoms with van der Waals surface area (Å²) in [6, 6.07) is 3.99. The van der Waals surface area contributed by atoms with E-state index < -0.39 is 0 Å². The maximum atomic E-state index is 5.16. The number of methoxy groups -OCH3 is 1. The molecule has 2 aromatic rings. The van der Waals surface area contributed by atoms with E-state index in [0.29, 0.717) is 12.4 Å². The van der Waals surface area contributed by atoms with Crippen molar-refractivity contribution in [1.29, 1.82) is 0 Å². The smallest absolute Gasteiger partial charge is 0.180 e. The van der Waals surface area contributed by atoms with Crippen molar-refractivity contribution >= 4 is 5.82 Å². The molecule has 0 saturated carbocycles. The lowest BCUT2D eigenvalue weighted by Gasteiger charge is -2.10. The average molecular weight is 272 g/mol. The zero-order chi connectivity index (χ0) is 14.5. The van der Waals surface area contributed by atoms with Crippen molar-refractivity contribution in [1.82, 2.24) is 15.0 Å². The van der Waals surface area contributed by atoms with Crippen molar-refractivity contribution in [3.8, 4) is 11.5 Å². The van der Waals surface area contributed by atoms with Crippen molar-refractivity contribution in [2.75, 3.05) is 19.0 Å². The maximum Gasteiger partial charge on any atom is 0.180 e. The molecule has 0 aliphatic carbocycles. The highest BCUT2D eigenvalue weighted by Crippen LogP contribution is 2.20. The fraction of sp³-hybridized carbons (Fsp3) is 0.400. The molecule has 0 spiro atoms. The number of nitrogens with zero attached hydrogens (tertiary/aromatic N) is 3. The van der Waals surface area contributed by atoms with Crippen LogP contribution >= 0.6 is 0 Å². The van der Waals surface area contributed by atoms with Crippen LogP contribution in [-0.4, -0.2) is 28.6 Å². The Hall–Kier alpha value is -2.01. The van der Waals surface area contributed by atoms with Gasteiger partial charge in [-0.2, -0.15) is 0 Å². The second-order valence-electron chi connectivity index (χ2n) is 4.71. The number of rotatable bonds is 5. The highest BCUT2D eigenvalue weighted by molar-refractivity contribution is 5.57. The Labute approximate surface area is 119 Å². The summed E-state index contributed by atoms with van der Waals surface area (Å²) in [7, 11) is 1.66. The molecule has 2 aromatic heterocycles. The second kappa shape index (κ2) is 6.43. The first-order valence-corrected chi connectivity index (χ1v) is 6.68. The number of hydrogen-bond acceptors (Lipinski definition) is 5. The molecule has 0 atom stereocenters. The third kappa shape index (κ3) is 3.30. The Morgan fingerprint density at radius 2 is 2.00 bits per heavy atom. The van der Waals surface area contributed by atoms with Crippen molar-refractivity contribution in [2.24, 2.45) is 0 Å². The van der Waals surface area contributed by atoms with Crippen LogP contribution in [0.2, 0.25) is 0 Å². The molecule has 0 fully saturated rings. The van der Waals surface area contributed by atoms with Crippen LogP contribution in [0, 0.1) is 13.8 Å². The van der Waals surface area contributed by atoms with Crippen molar-refractivity contribution in [2.45, 2.75) is 27.4 Å². The Bertz CT molecular complexity index is 574. The minimum absolute atomic E-state index is 0.457. The summed E-state index contributed by atoms with van der Waals surface area (Å²) in [5.41, 5.74) is 3.86. The number of nitrogens with one attached hydrogen (secondary N) is 1. The number of aromatic nitrogens is 3. The van der Waals surface area contributed by atoms with Gasteiger partial charge in [0.2, 0.25) is 0 Å². The molecule has 0 unspecified atom stereocenters. The molecule has 5 heteroatoms. The van der Waals surface area contributed by atoms with Gasteiger partial charge in [-0.25, -0.2) is 9.97 Å². The number of hydrogen-bond donors (Lipinski definition) is 1. The summed E-state index contributed by atoms with van der Waals surface area (Å²) < 4.78 is 5.16. The highest BCUT2D eigenvalue weighted by atomic mass is 16.5. The number of pyridine rings is 1. The molecule has 106 valence electrons. The van der Waals surface area contributed by atoms with Crippen molar-refractivity contribution in [3.63, 3.8) is 0 Å². The molecule has 1 N–H and O–H groups in total. The van der Waals surface area contributed by atoms with Gasteiger partial charge in [-0.3, -0.25) is 4.98 Å². The highest BCUT2D eigenvalue weighted by Gasteiger charge is 2.10. The Morgan fingerprint density at radius 3 is 2.65 bits per heavy atom. The monoisotopic (exact) mass is 272 g/mol. The van der Waals surface area contributed by atoms with Gasteiger partial charge in [0.05, 0.1) is 12.3 Å². The van der Waals surface area contributed by atoms with E-state index in [1.165, 1.54) is 0 Å². The third-order valence-electron chi connectivity index (χ3n) is 2.86. The fourth-order valence-electron chi connectivity index (χ4n) is 2.05. The summed E-state index contributed by atoms with van der Waals surface area (Å²) in [6.45, 7) is 7.35. The number of anilines is 1. The molecular formula is C15H20N4O. The van der Waals surface area contributed by atoms with Gasteiger partial charge in [-0.15, -0.1) is 0 Å². The van der Waals surface area contributed by atoms with Crippen LogP contribution in [0.1, 0.15) is 23.7 Å². The van der Waals surface area contributed by atoms with Crippen LogP contribution in [0.4, 0.5) is 5.82 Å². The van der Waals surface area contributed by atoms with Crippen LogP contribution < -0.4 is 5.32 Å². The molecule has 2 rings (SSSR count). The first kappa shape index (κ1) is 14.4. The minimum atomic E-state index is 0.457. The van der Waals surface area contributed by atoms with Crippen LogP contribution in [0.25, 0.3) is 11.5 Å². The van der Waals surface area contributed by atoms with Gasteiger partial charge in [0.1, 0.15) is 11.5 Å². The minimum Gasteiger partial charge on any atom is -0.378 e. The van der Waals surface area contributed by atoms with E-state index in [4.69, 9.17) is 4.74 Å². The lowest BCUT2D eigenvalue weighted by Crippen LogP contribution is -2.06. The largest absolute Gasteiger partial charge is 0.378 e. The maximum absolute atomic E-state index is 5.16. The second-order valence-corrected chi connectivity index (χ2v) is 4.71. The molecule has 0 aliphatic rings. The Kier molecular flexibility index (Phi) is 4.63. The summed E-state index contributed by atoms with van der Waals surface area (Å²) in [6.07, 6.45) is 1.83. The lowest BCUT2D eigenvalue weighted by atomic mass is 10.1. The predicted molar refractivity (Wildman–Crippen MR) is 79.6 cm³/mol. The fourth-order valence-corrected chi connectivity index (χ4v) is 2.05. The van der Waals surface area contributed by atoms with Gasteiger partial charge in [0.25, 0.3) is 0 Å². The molecule has 2 heterocycles. The SMILES string of the molecule is CCNc1cc(COC)nc(-c2ncc(C)cc2C)n1. The third-order valence-corrected chi connectivity index (χ3v) is 2.86. The molecule has 0 aromatic carbocycles. The van der Waals surface area contributed by atoms with Gasteiger partial charge in [-0.1, -0.05) is 6.07 Å². The van der Waals surface area contributed by atoms with Gasteiger partial charge >= 0.3 is 0 Å². The molecule has 20 heavy (non-hydrogen) atoms. The van der Waals surface area contributed by atoms with E-state index in [1.54, 1.807) is 7.11 Å². The van der Waals surface area contributed by atoms with Crippen molar-refractivity contribution < 1.29 is 4.74 Å². The molecular weight excluding hydrogens is 252 g/mol. The van der Waals surface area contributed by atoms with E-state index in [0.717, 1.165) is 34.9 Å². The molecule has 0 aliphatic heterocycles. The molecule has 5 nitrogen and oxygen atoms in total. The normalized spacial score (nSPS) is 10.6. The zero-order valence-corrected chi connectivity index (χ0v) is 12.4. The molecule has 0 saturated heterocycles. The van der Waals surface area contributed by atoms with E-state index in [1.807, 2.05) is 33.0 Å². The summed E-state index contributed by atoms with van der Waals surface area (Å²) in [4.78, 5) is 13.5. The first-order chi connectivity index (χ1) is 9.63. The van der Waals surface area contributed by atoms with Gasteiger partial charge < -0.3 is 10.1 Å². The predicted octanol–water partition coefficient (Wildman–Crippen LogP) is 2.73. The van der Waals surface area contributed by atoms with Crippen LogP contribution in [0.15, 0.2) is 18.3 Å². The molecule has 0 radical (unpaired) electrons. The number of aryl methyl sites for hydroxylation is 2. The Balaban J connectivity index is 2.48. The van der Waals surface area contributed by atoms with E-state index in [2.05, 4.69) is 26.3 Å². The standard InChI is InChI=1S/C15H20N4O/c1-5-16-13-7-12(9-20-4)18-15(19-13)14-11(3)6-10(2)8-17-14/h6-8H,5,9H2,1-4H3,(H,16,18,19). The van der Waals surface area contributed by atoms with E-state index in [-0.39, 0.29) is 0 Å². The average Bonchev–Trinajstić information content (AvgIpc) is 2.39. The number of ether oxygens (including phenoxy) is 1. The van der Waals surface area contributed by atoms with Gasteiger partial charge in [0.15, 0.2) is 5.82 Å². The van der Waals surface area contributed by atoms with Gasteiger partial charge in [0, 0.05) is 25.9 Å². The summed E-state index contributed by atoms with van der Waals surface area (Å²) in [5.74, 6) is 1.43. The lowest BCUT2D eigenvalue weighted by molar-refractivity contribution is 0.181. The Morgan fingerprint density at radius 1 is 1.20 bits per heavy atom. The van der Waals surface area contributed by atoms with Crippen LogP contribution in [0.3, 0.4) is 0 Å². The topological polar surface area (TPSA) is 59.9 Å². The van der Waals surface area contributed by atoms with Gasteiger partial charge in [-0.05, 0) is 31.9 Å². The molecule has 0 bridgehead atoms. The quantitative estimate of drug-likeness (QED) is 0.907. The first-order valence-electron chi connectivity index (χ1n) is 6.68.